The van der Waals surface area contributed by atoms with Gasteiger partial charge in [0.25, 0.3) is 0 Å². The lowest BCUT2D eigenvalue weighted by Gasteiger charge is -2.11. The van der Waals surface area contributed by atoms with Crippen LogP contribution in [0.4, 0.5) is 5.69 Å². The highest BCUT2D eigenvalue weighted by Gasteiger charge is 2.36. The SMILES string of the molecule is CC(C)c1nccn1Cc1cccc(NC(=O)C=Cc2ccc(C3CC3C)o2)c1. The number of anilines is 1. The summed E-state index contributed by atoms with van der Waals surface area (Å²) in [7, 11) is 0. The summed E-state index contributed by atoms with van der Waals surface area (Å²) < 4.78 is 7.95. The highest BCUT2D eigenvalue weighted by Crippen LogP contribution is 2.47. The molecule has 0 radical (unpaired) electrons. The molecule has 150 valence electrons. The summed E-state index contributed by atoms with van der Waals surface area (Å²) in [5, 5.41) is 2.93. The second-order valence-electron chi connectivity index (χ2n) is 8.15. The van der Waals surface area contributed by atoms with Crippen LogP contribution in [0.5, 0.6) is 0 Å². The van der Waals surface area contributed by atoms with Crippen LogP contribution in [0.1, 0.15) is 61.9 Å². The van der Waals surface area contributed by atoms with Gasteiger partial charge in [-0.3, -0.25) is 4.79 Å². The van der Waals surface area contributed by atoms with E-state index in [0.29, 0.717) is 23.5 Å². The molecule has 5 nitrogen and oxygen atoms in total. The van der Waals surface area contributed by atoms with Gasteiger partial charge in [0.05, 0.1) is 0 Å². The molecule has 1 fully saturated rings. The second kappa shape index (κ2) is 8.11. The third-order valence-electron chi connectivity index (χ3n) is 5.33. The van der Waals surface area contributed by atoms with Gasteiger partial charge in [-0.2, -0.15) is 0 Å². The van der Waals surface area contributed by atoms with Gasteiger partial charge in [-0.25, -0.2) is 4.98 Å². The van der Waals surface area contributed by atoms with Crippen molar-refractivity contribution >= 4 is 17.7 Å². The average Bonchev–Trinajstić information content (AvgIpc) is 3.09. The molecule has 1 aromatic carbocycles. The van der Waals surface area contributed by atoms with Crippen LogP contribution in [0.15, 0.2) is 59.3 Å². The molecule has 2 atom stereocenters. The Kier molecular flexibility index (Phi) is 5.38. The highest BCUT2D eigenvalue weighted by atomic mass is 16.3. The number of carbonyl (C=O) groups is 1. The number of benzene rings is 1. The lowest BCUT2D eigenvalue weighted by atomic mass is 10.1. The van der Waals surface area contributed by atoms with Crippen LogP contribution in [0.3, 0.4) is 0 Å². The molecule has 3 aromatic rings. The minimum atomic E-state index is -0.176. The van der Waals surface area contributed by atoms with Crippen molar-refractivity contribution < 1.29 is 9.21 Å². The van der Waals surface area contributed by atoms with Gasteiger partial charge in [0, 0.05) is 42.5 Å². The van der Waals surface area contributed by atoms with Crippen molar-refractivity contribution in [2.75, 3.05) is 5.32 Å². The van der Waals surface area contributed by atoms with E-state index < -0.39 is 0 Å². The van der Waals surface area contributed by atoms with Crippen LogP contribution in [0.2, 0.25) is 0 Å². The average molecular weight is 389 g/mol. The van der Waals surface area contributed by atoms with Crippen LogP contribution in [0, 0.1) is 5.92 Å². The Labute approximate surface area is 171 Å². The van der Waals surface area contributed by atoms with Gasteiger partial charge in [0.1, 0.15) is 17.3 Å². The molecule has 0 aliphatic heterocycles. The smallest absolute Gasteiger partial charge is 0.248 e. The van der Waals surface area contributed by atoms with Crippen LogP contribution in [-0.4, -0.2) is 15.5 Å². The number of hydrogen-bond acceptors (Lipinski definition) is 3. The number of aromatic nitrogens is 2. The summed E-state index contributed by atoms with van der Waals surface area (Å²) >= 11 is 0. The predicted molar refractivity (Wildman–Crippen MR) is 115 cm³/mol. The van der Waals surface area contributed by atoms with E-state index in [9.17, 15) is 4.79 Å². The second-order valence-corrected chi connectivity index (χ2v) is 8.15. The minimum Gasteiger partial charge on any atom is -0.461 e. The summed E-state index contributed by atoms with van der Waals surface area (Å²) in [4.78, 5) is 16.7. The van der Waals surface area contributed by atoms with Gasteiger partial charge < -0.3 is 14.3 Å². The van der Waals surface area contributed by atoms with Crippen molar-refractivity contribution in [2.24, 2.45) is 5.92 Å². The standard InChI is InChI=1S/C24H27N3O2/c1-16(2)24-25-11-12-27(24)15-18-5-4-6-19(14-18)26-23(28)10-8-20-7-9-22(29-20)21-13-17(21)3/h4-12,14,16-17,21H,13,15H2,1-3H3,(H,26,28). The van der Waals surface area contributed by atoms with Crippen molar-refractivity contribution in [3.05, 3.63) is 77.8 Å². The van der Waals surface area contributed by atoms with Gasteiger partial charge in [0.2, 0.25) is 5.91 Å². The number of rotatable bonds is 7. The summed E-state index contributed by atoms with van der Waals surface area (Å²) in [5.41, 5.74) is 1.89. The summed E-state index contributed by atoms with van der Waals surface area (Å²) in [5.74, 6) is 4.22. The zero-order chi connectivity index (χ0) is 20.4. The number of furan rings is 1. The fourth-order valence-corrected chi connectivity index (χ4v) is 3.62. The van der Waals surface area contributed by atoms with E-state index in [-0.39, 0.29) is 5.91 Å². The molecule has 1 amide bonds. The number of hydrogen-bond donors (Lipinski definition) is 1. The third kappa shape index (κ3) is 4.67. The first-order valence-corrected chi connectivity index (χ1v) is 10.2. The first-order valence-electron chi connectivity index (χ1n) is 10.2. The molecule has 29 heavy (non-hydrogen) atoms. The van der Waals surface area contributed by atoms with Gasteiger partial charge in [-0.15, -0.1) is 0 Å². The molecule has 1 N–H and O–H groups in total. The fourth-order valence-electron chi connectivity index (χ4n) is 3.62. The van der Waals surface area contributed by atoms with E-state index in [4.69, 9.17) is 4.42 Å². The Morgan fingerprint density at radius 2 is 2.17 bits per heavy atom. The van der Waals surface area contributed by atoms with Crippen molar-refractivity contribution in [1.82, 2.24) is 9.55 Å². The fraction of sp³-hybridized carbons (Fsp3) is 0.333. The number of amides is 1. The molecule has 2 heterocycles. The van der Waals surface area contributed by atoms with E-state index in [1.165, 1.54) is 12.5 Å². The van der Waals surface area contributed by atoms with E-state index in [1.807, 2.05) is 42.7 Å². The van der Waals surface area contributed by atoms with Crippen LogP contribution < -0.4 is 5.32 Å². The Bertz CT molecular complexity index is 1030. The van der Waals surface area contributed by atoms with Crippen LogP contribution in [-0.2, 0) is 11.3 Å². The Balaban J connectivity index is 1.37. The Hall–Kier alpha value is -3.08. The molecule has 2 unspecified atom stereocenters. The lowest BCUT2D eigenvalue weighted by molar-refractivity contribution is -0.111. The van der Waals surface area contributed by atoms with Crippen LogP contribution in [0.25, 0.3) is 6.08 Å². The summed E-state index contributed by atoms with van der Waals surface area (Å²) in [6.07, 6.45) is 8.23. The van der Waals surface area contributed by atoms with Gasteiger partial charge in [-0.1, -0.05) is 32.9 Å². The zero-order valence-corrected chi connectivity index (χ0v) is 17.1. The van der Waals surface area contributed by atoms with Crippen molar-refractivity contribution in [3.63, 3.8) is 0 Å². The van der Waals surface area contributed by atoms with Crippen LogP contribution >= 0.6 is 0 Å². The molecule has 1 aliphatic rings. The topological polar surface area (TPSA) is 60.1 Å². The first kappa shape index (κ1) is 19.2. The molecule has 0 spiro atoms. The number of carbonyl (C=O) groups excluding carboxylic acids is 1. The maximum atomic E-state index is 12.3. The van der Waals surface area contributed by atoms with E-state index in [0.717, 1.165) is 29.4 Å². The highest BCUT2D eigenvalue weighted by molar-refractivity contribution is 6.01. The number of imidazole rings is 1. The van der Waals surface area contributed by atoms with Crippen molar-refractivity contribution in [2.45, 2.75) is 45.6 Å². The maximum Gasteiger partial charge on any atom is 0.248 e. The largest absolute Gasteiger partial charge is 0.461 e. The van der Waals surface area contributed by atoms with Gasteiger partial charge in [-0.05, 0) is 48.2 Å². The molecule has 2 aromatic heterocycles. The molecular formula is C24H27N3O2. The monoisotopic (exact) mass is 389 g/mol. The number of nitrogens with one attached hydrogen (secondary N) is 1. The Morgan fingerprint density at radius 3 is 2.93 bits per heavy atom. The van der Waals surface area contributed by atoms with E-state index >= 15 is 0 Å². The molecular weight excluding hydrogens is 362 g/mol. The number of nitrogens with zero attached hydrogens (tertiary/aromatic N) is 2. The summed E-state index contributed by atoms with van der Waals surface area (Å²) in [6, 6.07) is 11.8. The normalized spacial score (nSPS) is 18.5. The van der Waals surface area contributed by atoms with Gasteiger partial charge in [0.15, 0.2) is 0 Å². The molecule has 5 heteroatoms. The maximum absolute atomic E-state index is 12.3. The summed E-state index contributed by atoms with van der Waals surface area (Å²) in [6.45, 7) is 7.21. The van der Waals surface area contributed by atoms with Crippen molar-refractivity contribution in [3.8, 4) is 0 Å². The Morgan fingerprint density at radius 1 is 1.34 bits per heavy atom. The molecule has 4 rings (SSSR count). The van der Waals surface area contributed by atoms with E-state index in [2.05, 4.69) is 41.7 Å². The zero-order valence-electron chi connectivity index (χ0n) is 17.1. The quantitative estimate of drug-likeness (QED) is 0.549. The lowest BCUT2D eigenvalue weighted by Crippen LogP contribution is -2.09. The van der Waals surface area contributed by atoms with Crippen molar-refractivity contribution in [1.29, 1.82) is 0 Å². The molecule has 1 saturated carbocycles. The first-order chi connectivity index (χ1) is 14.0. The molecule has 0 bridgehead atoms. The predicted octanol–water partition coefficient (Wildman–Crippen LogP) is 5.42. The molecule has 0 saturated heterocycles. The minimum absolute atomic E-state index is 0.176. The third-order valence-corrected chi connectivity index (χ3v) is 5.33. The molecule has 1 aliphatic carbocycles. The van der Waals surface area contributed by atoms with Gasteiger partial charge >= 0.3 is 0 Å². The van der Waals surface area contributed by atoms with E-state index in [1.54, 1.807) is 6.08 Å².